The number of aliphatic carboxylic acids is 1. The minimum absolute atomic E-state index is 0.187. The molecule has 1 aliphatic carbocycles. The molecular weight excluding hydrogens is 232 g/mol. The molecule has 0 saturated heterocycles. The lowest BCUT2D eigenvalue weighted by molar-refractivity contribution is -0.137. The number of methoxy groups -OCH3 is 2. The first-order valence-corrected chi connectivity index (χ1v) is 5.99. The van der Waals surface area contributed by atoms with Gasteiger partial charge in [-0.25, -0.2) is 0 Å². The predicted molar refractivity (Wildman–Crippen MR) is 66.9 cm³/mol. The first kappa shape index (κ1) is 12.9. The highest BCUT2D eigenvalue weighted by Gasteiger charge is 2.46. The Hall–Kier alpha value is -1.55. The molecule has 1 aromatic rings. The van der Waals surface area contributed by atoms with Crippen LogP contribution >= 0.6 is 0 Å². The van der Waals surface area contributed by atoms with Crippen molar-refractivity contribution in [1.82, 2.24) is 0 Å². The maximum atomic E-state index is 10.9. The lowest BCUT2D eigenvalue weighted by atomic mass is 9.91. The topological polar surface area (TPSA) is 55.8 Å². The minimum Gasteiger partial charge on any atom is -0.497 e. The summed E-state index contributed by atoms with van der Waals surface area (Å²) >= 11 is 0. The molecule has 4 heteroatoms. The van der Waals surface area contributed by atoms with Crippen molar-refractivity contribution in [2.24, 2.45) is 0 Å². The smallest absolute Gasteiger partial charge is 0.304 e. The van der Waals surface area contributed by atoms with Crippen LogP contribution < -0.4 is 4.74 Å². The number of carbonyl (C=O) groups is 1. The van der Waals surface area contributed by atoms with Crippen LogP contribution in [0.2, 0.25) is 0 Å². The Kier molecular flexibility index (Phi) is 3.57. The van der Waals surface area contributed by atoms with E-state index in [-0.39, 0.29) is 11.8 Å². The molecule has 1 fully saturated rings. The number of hydrogen-bond acceptors (Lipinski definition) is 3. The summed E-state index contributed by atoms with van der Waals surface area (Å²) in [5, 5.41) is 8.99. The summed E-state index contributed by atoms with van der Waals surface area (Å²) in [6, 6.07) is 5.89. The highest BCUT2D eigenvalue weighted by atomic mass is 16.5. The first-order chi connectivity index (χ1) is 8.59. The fourth-order valence-electron chi connectivity index (χ4n) is 2.34. The van der Waals surface area contributed by atoms with E-state index >= 15 is 0 Å². The Bertz CT molecular complexity index is 449. The van der Waals surface area contributed by atoms with Crippen molar-refractivity contribution < 1.29 is 19.4 Å². The molecule has 4 nitrogen and oxygen atoms in total. The number of hydrogen-bond donors (Lipinski definition) is 1. The zero-order valence-electron chi connectivity index (χ0n) is 10.7. The van der Waals surface area contributed by atoms with E-state index in [1.54, 1.807) is 14.2 Å². The van der Waals surface area contributed by atoms with Crippen LogP contribution in [0.1, 0.15) is 30.4 Å². The summed E-state index contributed by atoms with van der Waals surface area (Å²) < 4.78 is 10.4. The molecule has 0 spiro atoms. The molecule has 0 aliphatic heterocycles. The van der Waals surface area contributed by atoms with Gasteiger partial charge < -0.3 is 14.6 Å². The molecule has 1 N–H and O–H groups in total. The van der Waals surface area contributed by atoms with Gasteiger partial charge in [0.1, 0.15) is 5.75 Å². The van der Waals surface area contributed by atoms with Gasteiger partial charge in [-0.2, -0.15) is 0 Å². The van der Waals surface area contributed by atoms with Gasteiger partial charge in [0.05, 0.1) is 20.1 Å². The van der Waals surface area contributed by atoms with Gasteiger partial charge in [-0.3, -0.25) is 4.79 Å². The van der Waals surface area contributed by atoms with Crippen LogP contribution in [0.3, 0.4) is 0 Å². The molecule has 0 unspecified atom stereocenters. The molecule has 2 rings (SSSR count). The van der Waals surface area contributed by atoms with Crippen LogP contribution in [0.15, 0.2) is 18.2 Å². The number of rotatable bonds is 6. The van der Waals surface area contributed by atoms with E-state index < -0.39 is 5.97 Å². The van der Waals surface area contributed by atoms with Crippen molar-refractivity contribution in [3.05, 3.63) is 29.3 Å². The van der Waals surface area contributed by atoms with Gasteiger partial charge >= 0.3 is 5.97 Å². The normalized spacial score (nSPS) is 16.3. The summed E-state index contributed by atoms with van der Waals surface area (Å²) in [5.41, 5.74) is 1.88. The van der Waals surface area contributed by atoms with Gasteiger partial charge in [-0.15, -0.1) is 0 Å². The van der Waals surface area contributed by atoms with E-state index in [1.165, 1.54) is 0 Å². The third-order valence-corrected chi connectivity index (χ3v) is 3.47. The molecular formula is C14H18O4. The molecule has 98 valence electrons. The summed E-state index contributed by atoms with van der Waals surface area (Å²) in [7, 11) is 3.26. The largest absolute Gasteiger partial charge is 0.497 e. The zero-order valence-corrected chi connectivity index (χ0v) is 10.7. The Morgan fingerprint density at radius 2 is 2.06 bits per heavy atom. The summed E-state index contributed by atoms with van der Waals surface area (Å²) in [4.78, 5) is 10.9. The van der Waals surface area contributed by atoms with E-state index in [2.05, 4.69) is 0 Å². The standard InChI is InChI=1S/C14H18O4/c1-17-9-10-5-11(7-12(6-10)18-2)14(3-4-14)8-13(15)16/h5-7H,3-4,8-9H2,1-2H3,(H,15,16). The molecule has 0 bridgehead atoms. The van der Waals surface area contributed by atoms with Crippen LogP contribution in [-0.4, -0.2) is 25.3 Å². The molecule has 1 aliphatic rings. The fourth-order valence-corrected chi connectivity index (χ4v) is 2.34. The van der Waals surface area contributed by atoms with Crippen molar-refractivity contribution in [3.63, 3.8) is 0 Å². The number of benzene rings is 1. The fraction of sp³-hybridized carbons (Fsp3) is 0.500. The van der Waals surface area contributed by atoms with Crippen LogP contribution in [0, 0.1) is 0 Å². The van der Waals surface area contributed by atoms with Crippen LogP contribution in [0.25, 0.3) is 0 Å². The first-order valence-electron chi connectivity index (χ1n) is 5.99. The molecule has 0 aromatic heterocycles. The molecule has 1 aromatic carbocycles. The van der Waals surface area contributed by atoms with Crippen molar-refractivity contribution >= 4 is 5.97 Å². The average molecular weight is 250 g/mol. The van der Waals surface area contributed by atoms with Gasteiger partial charge in [-0.1, -0.05) is 6.07 Å². The summed E-state index contributed by atoms with van der Waals surface area (Å²) in [6.45, 7) is 0.507. The van der Waals surface area contributed by atoms with Gasteiger partial charge in [0.15, 0.2) is 0 Å². The second-order valence-electron chi connectivity index (χ2n) is 4.85. The third kappa shape index (κ3) is 2.64. The van der Waals surface area contributed by atoms with Gasteiger partial charge in [0.2, 0.25) is 0 Å². The highest BCUT2D eigenvalue weighted by molar-refractivity contribution is 5.70. The second kappa shape index (κ2) is 4.98. The van der Waals surface area contributed by atoms with Crippen molar-refractivity contribution in [2.45, 2.75) is 31.3 Å². The molecule has 0 heterocycles. The third-order valence-electron chi connectivity index (χ3n) is 3.47. The Morgan fingerprint density at radius 1 is 1.33 bits per heavy atom. The Morgan fingerprint density at radius 3 is 2.56 bits per heavy atom. The average Bonchev–Trinajstić information content (AvgIpc) is 3.09. The summed E-state index contributed by atoms with van der Waals surface area (Å²) in [6.07, 6.45) is 2.05. The van der Waals surface area contributed by atoms with E-state index in [1.807, 2.05) is 18.2 Å². The maximum Gasteiger partial charge on any atom is 0.304 e. The lowest BCUT2D eigenvalue weighted by Crippen LogP contribution is -2.13. The monoisotopic (exact) mass is 250 g/mol. The highest BCUT2D eigenvalue weighted by Crippen LogP contribution is 2.51. The quantitative estimate of drug-likeness (QED) is 0.842. The number of carboxylic acid groups (broad SMARTS) is 1. The van der Waals surface area contributed by atoms with E-state index in [9.17, 15) is 4.79 Å². The molecule has 0 radical (unpaired) electrons. The van der Waals surface area contributed by atoms with Crippen molar-refractivity contribution in [2.75, 3.05) is 14.2 Å². The number of carboxylic acids is 1. The molecule has 18 heavy (non-hydrogen) atoms. The Labute approximate surface area is 107 Å². The van der Waals surface area contributed by atoms with Crippen molar-refractivity contribution in [3.8, 4) is 5.75 Å². The van der Waals surface area contributed by atoms with E-state index in [4.69, 9.17) is 14.6 Å². The van der Waals surface area contributed by atoms with Gasteiger partial charge in [0.25, 0.3) is 0 Å². The number of ether oxygens (including phenoxy) is 2. The summed E-state index contributed by atoms with van der Waals surface area (Å²) in [5.74, 6) is 0.0137. The predicted octanol–water partition coefficient (Wildman–Crippen LogP) is 2.35. The molecule has 0 atom stereocenters. The van der Waals surface area contributed by atoms with E-state index in [0.29, 0.717) is 6.61 Å². The maximum absolute atomic E-state index is 10.9. The van der Waals surface area contributed by atoms with Crippen LogP contribution in [0.4, 0.5) is 0 Å². The minimum atomic E-state index is -0.747. The second-order valence-corrected chi connectivity index (χ2v) is 4.85. The van der Waals surface area contributed by atoms with E-state index in [0.717, 1.165) is 29.7 Å². The van der Waals surface area contributed by atoms with Crippen LogP contribution in [-0.2, 0) is 21.6 Å². The lowest BCUT2D eigenvalue weighted by Gasteiger charge is -2.16. The van der Waals surface area contributed by atoms with Gasteiger partial charge in [0, 0.05) is 12.5 Å². The molecule has 1 saturated carbocycles. The zero-order chi connectivity index (χ0) is 13.2. The Balaban J connectivity index is 2.31. The van der Waals surface area contributed by atoms with Crippen molar-refractivity contribution in [1.29, 1.82) is 0 Å². The molecule has 0 amide bonds. The van der Waals surface area contributed by atoms with Gasteiger partial charge in [-0.05, 0) is 36.1 Å². The van der Waals surface area contributed by atoms with Crippen LogP contribution in [0.5, 0.6) is 5.75 Å². The SMILES string of the molecule is COCc1cc(OC)cc(C2(CC(=O)O)CC2)c1.